The number of rotatable bonds is 2. The quantitative estimate of drug-likeness (QED) is 0.701. The molecule has 62 valence electrons. The Bertz CT molecular complexity index is 236. The minimum Gasteiger partial charge on any atom is -0.382 e. The van der Waals surface area contributed by atoms with Gasteiger partial charge < -0.3 is 5.73 Å². The van der Waals surface area contributed by atoms with E-state index in [1.54, 1.807) is 12.3 Å². The Morgan fingerprint density at radius 2 is 2.36 bits per heavy atom. The van der Waals surface area contributed by atoms with Crippen LogP contribution in [0.15, 0.2) is 12.3 Å². The first kappa shape index (κ1) is 8.04. The summed E-state index contributed by atoms with van der Waals surface area (Å²) in [5, 5.41) is 3.85. The molecule has 0 radical (unpaired) electrons. The summed E-state index contributed by atoms with van der Waals surface area (Å²) in [5.41, 5.74) is 4.11. The van der Waals surface area contributed by atoms with Gasteiger partial charge in [-0.2, -0.15) is 5.10 Å². The first-order chi connectivity index (χ1) is 4.97. The second-order valence-electron chi connectivity index (χ2n) is 3.16. The highest BCUT2D eigenvalue weighted by molar-refractivity contribution is 5.23. The molecule has 3 nitrogen and oxygen atoms in total. The van der Waals surface area contributed by atoms with Crippen molar-refractivity contribution >= 4 is 5.82 Å². The third-order valence-corrected chi connectivity index (χ3v) is 1.20. The molecule has 0 aliphatic heterocycles. The van der Waals surface area contributed by atoms with Crippen molar-refractivity contribution in [2.75, 3.05) is 5.73 Å². The molecule has 1 aromatic heterocycles. The molecule has 0 bridgehead atoms. The Morgan fingerprint density at radius 3 is 2.73 bits per heavy atom. The second-order valence-corrected chi connectivity index (χ2v) is 3.16. The number of nitrogens with zero attached hydrogens (tertiary/aromatic N) is 2. The van der Waals surface area contributed by atoms with E-state index in [9.17, 15) is 4.39 Å². The van der Waals surface area contributed by atoms with Gasteiger partial charge in [-0.25, -0.2) is 4.39 Å². The van der Waals surface area contributed by atoms with Gasteiger partial charge in [0, 0.05) is 6.20 Å². The molecule has 4 heteroatoms. The van der Waals surface area contributed by atoms with Gasteiger partial charge in [0.05, 0.1) is 6.54 Å². The number of nitrogens with two attached hydrogens (primary N) is 1. The van der Waals surface area contributed by atoms with Gasteiger partial charge in [-0.05, 0) is 19.9 Å². The molecule has 1 heterocycles. The maximum absolute atomic E-state index is 13.0. The minimum absolute atomic E-state index is 0.240. The smallest absolute Gasteiger partial charge is 0.145 e. The van der Waals surface area contributed by atoms with E-state index >= 15 is 0 Å². The maximum Gasteiger partial charge on any atom is 0.145 e. The molecule has 0 saturated carbocycles. The number of halogens is 1. The third-order valence-electron chi connectivity index (χ3n) is 1.20. The zero-order chi connectivity index (χ0) is 8.48. The largest absolute Gasteiger partial charge is 0.382 e. The predicted octanol–water partition coefficient (Wildman–Crippen LogP) is 1.21. The van der Waals surface area contributed by atoms with Crippen LogP contribution in [0.2, 0.25) is 0 Å². The highest BCUT2D eigenvalue weighted by Gasteiger charge is 2.16. The van der Waals surface area contributed by atoms with Crippen LogP contribution in [0.5, 0.6) is 0 Å². The summed E-state index contributed by atoms with van der Waals surface area (Å²) in [6, 6.07) is 1.64. The molecular formula is C7H12FN3. The van der Waals surface area contributed by atoms with E-state index in [0.29, 0.717) is 5.82 Å². The Hall–Kier alpha value is -1.06. The van der Waals surface area contributed by atoms with Crippen LogP contribution >= 0.6 is 0 Å². The van der Waals surface area contributed by atoms with E-state index in [-0.39, 0.29) is 6.54 Å². The molecule has 0 saturated heterocycles. The fourth-order valence-corrected chi connectivity index (χ4v) is 0.851. The first-order valence-corrected chi connectivity index (χ1v) is 3.45. The summed E-state index contributed by atoms with van der Waals surface area (Å²) in [4.78, 5) is 0. The normalized spacial score (nSPS) is 11.9. The van der Waals surface area contributed by atoms with Gasteiger partial charge >= 0.3 is 0 Å². The van der Waals surface area contributed by atoms with E-state index in [4.69, 9.17) is 5.73 Å². The van der Waals surface area contributed by atoms with Crippen LogP contribution < -0.4 is 5.73 Å². The summed E-state index contributed by atoms with van der Waals surface area (Å²) in [6.07, 6.45) is 1.66. The fourth-order valence-electron chi connectivity index (χ4n) is 0.851. The van der Waals surface area contributed by atoms with Crippen LogP contribution in [0.4, 0.5) is 10.2 Å². The van der Waals surface area contributed by atoms with Gasteiger partial charge in [-0.1, -0.05) is 0 Å². The second kappa shape index (κ2) is 2.53. The van der Waals surface area contributed by atoms with E-state index in [0.717, 1.165) is 0 Å². The molecule has 11 heavy (non-hydrogen) atoms. The van der Waals surface area contributed by atoms with Crippen LogP contribution in [0, 0.1) is 0 Å². The van der Waals surface area contributed by atoms with Crippen LogP contribution in [0.25, 0.3) is 0 Å². The topological polar surface area (TPSA) is 43.8 Å². The van der Waals surface area contributed by atoms with Crippen molar-refractivity contribution in [1.29, 1.82) is 0 Å². The number of alkyl halides is 1. The summed E-state index contributed by atoms with van der Waals surface area (Å²) in [7, 11) is 0. The third kappa shape index (κ3) is 2.57. The van der Waals surface area contributed by atoms with Crippen LogP contribution in [-0.2, 0) is 6.54 Å². The lowest BCUT2D eigenvalue weighted by molar-refractivity contribution is 0.179. The Labute approximate surface area is 65.0 Å². The Kier molecular flexibility index (Phi) is 1.85. The standard InChI is InChI=1S/C7H12FN3/c1-7(2,8)5-11-4-3-6(9)10-11/h3-4H,5H2,1-2H3,(H2,9,10). The van der Waals surface area contributed by atoms with E-state index < -0.39 is 5.67 Å². The molecule has 0 aliphatic carbocycles. The molecule has 1 rings (SSSR count). The minimum atomic E-state index is -1.24. The lowest BCUT2D eigenvalue weighted by Gasteiger charge is -2.12. The summed E-state index contributed by atoms with van der Waals surface area (Å²) < 4.78 is 14.5. The summed E-state index contributed by atoms with van der Waals surface area (Å²) >= 11 is 0. The monoisotopic (exact) mass is 157 g/mol. The highest BCUT2D eigenvalue weighted by Crippen LogP contribution is 2.11. The van der Waals surface area contributed by atoms with Crippen LogP contribution in [0.1, 0.15) is 13.8 Å². The van der Waals surface area contributed by atoms with E-state index in [2.05, 4.69) is 5.10 Å². The van der Waals surface area contributed by atoms with Gasteiger partial charge in [-0.15, -0.1) is 0 Å². The van der Waals surface area contributed by atoms with Crippen molar-refractivity contribution in [3.8, 4) is 0 Å². The number of nitrogen functional groups attached to an aromatic ring is 1. The van der Waals surface area contributed by atoms with Gasteiger partial charge in [0.15, 0.2) is 0 Å². The van der Waals surface area contributed by atoms with Crippen molar-refractivity contribution in [2.45, 2.75) is 26.1 Å². The molecule has 0 unspecified atom stereocenters. The van der Waals surface area contributed by atoms with Gasteiger partial charge in [0.2, 0.25) is 0 Å². The molecule has 0 spiro atoms. The zero-order valence-corrected chi connectivity index (χ0v) is 6.71. The van der Waals surface area contributed by atoms with Crippen molar-refractivity contribution in [3.05, 3.63) is 12.3 Å². The lowest BCUT2D eigenvalue weighted by Crippen LogP contribution is -2.21. The maximum atomic E-state index is 13.0. The number of anilines is 1. The van der Waals surface area contributed by atoms with E-state index in [1.165, 1.54) is 18.5 Å². The average Bonchev–Trinajstić information content (AvgIpc) is 2.10. The van der Waals surface area contributed by atoms with Gasteiger partial charge in [-0.3, -0.25) is 4.68 Å². The molecule has 0 aromatic carbocycles. The number of hydrogen-bond acceptors (Lipinski definition) is 2. The Balaban J connectivity index is 2.65. The van der Waals surface area contributed by atoms with Crippen LogP contribution in [-0.4, -0.2) is 15.4 Å². The average molecular weight is 157 g/mol. The molecular weight excluding hydrogens is 145 g/mol. The molecule has 0 fully saturated rings. The molecule has 1 aromatic rings. The van der Waals surface area contributed by atoms with Crippen molar-refractivity contribution in [2.24, 2.45) is 0 Å². The number of aromatic nitrogens is 2. The lowest BCUT2D eigenvalue weighted by atomic mass is 10.2. The summed E-state index contributed by atoms with van der Waals surface area (Å²) in [5.74, 6) is 0.425. The van der Waals surface area contributed by atoms with Crippen molar-refractivity contribution < 1.29 is 4.39 Å². The zero-order valence-electron chi connectivity index (χ0n) is 6.71. The SMILES string of the molecule is CC(C)(F)Cn1ccc(N)n1. The highest BCUT2D eigenvalue weighted by atomic mass is 19.1. The van der Waals surface area contributed by atoms with Crippen molar-refractivity contribution in [3.63, 3.8) is 0 Å². The molecule has 0 atom stereocenters. The van der Waals surface area contributed by atoms with E-state index in [1.807, 2.05) is 0 Å². The molecule has 2 N–H and O–H groups in total. The Morgan fingerprint density at radius 1 is 1.73 bits per heavy atom. The molecule has 0 aliphatic rings. The molecule has 0 amide bonds. The van der Waals surface area contributed by atoms with Crippen LogP contribution in [0.3, 0.4) is 0 Å². The number of hydrogen-bond donors (Lipinski definition) is 1. The fraction of sp³-hybridized carbons (Fsp3) is 0.571. The first-order valence-electron chi connectivity index (χ1n) is 3.45. The van der Waals surface area contributed by atoms with Gasteiger partial charge in [0.1, 0.15) is 11.5 Å². The van der Waals surface area contributed by atoms with Gasteiger partial charge in [0.25, 0.3) is 0 Å². The van der Waals surface area contributed by atoms with Crippen molar-refractivity contribution in [1.82, 2.24) is 9.78 Å². The summed E-state index contributed by atoms with van der Waals surface area (Å²) in [6.45, 7) is 3.25. The predicted molar refractivity (Wildman–Crippen MR) is 41.8 cm³/mol.